The molecular formula is C10H20O. The molecule has 0 spiro atoms. The smallest absolute Gasteiger partial charge is 0.0459 e. The molecule has 0 saturated heterocycles. The fourth-order valence-corrected chi connectivity index (χ4v) is 2.04. The first kappa shape index (κ1) is 9.05. The maximum atomic E-state index is 8.92. The molecule has 1 aliphatic carbocycles. The van der Waals surface area contributed by atoms with Crippen LogP contribution in [0.25, 0.3) is 0 Å². The Morgan fingerprint density at radius 1 is 1.18 bits per heavy atom. The van der Waals surface area contributed by atoms with E-state index < -0.39 is 0 Å². The summed E-state index contributed by atoms with van der Waals surface area (Å²) in [4.78, 5) is 0. The fourth-order valence-electron chi connectivity index (χ4n) is 2.04. The van der Waals surface area contributed by atoms with Crippen molar-refractivity contribution in [3.8, 4) is 0 Å². The van der Waals surface area contributed by atoms with Crippen LogP contribution in [0.4, 0.5) is 0 Å². The molecule has 0 bridgehead atoms. The van der Waals surface area contributed by atoms with Gasteiger partial charge < -0.3 is 5.11 Å². The van der Waals surface area contributed by atoms with Gasteiger partial charge in [-0.15, -0.1) is 0 Å². The molecule has 1 nitrogen and oxygen atoms in total. The highest BCUT2D eigenvalue weighted by Gasteiger charge is 2.22. The lowest BCUT2D eigenvalue weighted by atomic mass is 9.77. The van der Waals surface area contributed by atoms with Crippen LogP contribution in [0.1, 0.15) is 39.5 Å². The number of hydrogen-bond donors (Lipinski definition) is 1. The van der Waals surface area contributed by atoms with Gasteiger partial charge in [-0.2, -0.15) is 0 Å². The van der Waals surface area contributed by atoms with Gasteiger partial charge in [-0.3, -0.25) is 0 Å². The van der Waals surface area contributed by atoms with Crippen LogP contribution >= 0.6 is 0 Å². The summed E-state index contributed by atoms with van der Waals surface area (Å²) in [5.74, 6) is 2.39. The van der Waals surface area contributed by atoms with Gasteiger partial charge in [0, 0.05) is 6.61 Å². The summed E-state index contributed by atoms with van der Waals surface area (Å²) in [7, 11) is 0. The summed E-state index contributed by atoms with van der Waals surface area (Å²) in [6.07, 6.45) is 5.17. The van der Waals surface area contributed by atoms with E-state index in [1.807, 2.05) is 0 Å². The minimum atomic E-state index is 0.408. The number of aliphatic hydroxyl groups is 1. The summed E-state index contributed by atoms with van der Waals surface area (Å²) in [6, 6.07) is 0. The normalized spacial score (nSPS) is 32.7. The fraction of sp³-hybridized carbons (Fsp3) is 1.00. The lowest BCUT2D eigenvalue weighted by molar-refractivity contribution is 0.151. The molecule has 1 rings (SSSR count). The first-order valence-electron chi connectivity index (χ1n) is 4.85. The minimum absolute atomic E-state index is 0.408. The first-order valence-corrected chi connectivity index (χ1v) is 4.85. The topological polar surface area (TPSA) is 20.2 Å². The third-order valence-electron chi connectivity index (χ3n) is 3.09. The zero-order chi connectivity index (χ0) is 8.27. The molecule has 0 aromatic heterocycles. The van der Waals surface area contributed by atoms with Crippen molar-refractivity contribution < 1.29 is 5.11 Å². The summed E-state index contributed by atoms with van der Waals surface area (Å²) >= 11 is 0. The molecule has 1 heteroatoms. The average molecular weight is 156 g/mol. The molecule has 1 saturated carbocycles. The van der Waals surface area contributed by atoms with Crippen LogP contribution in [0.15, 0.2) is 0 Å². The molecule has 0 radical (unpaired) electrons. The molecule has 0 aromatic rings. The maximum Gasteiger partial charge on any atom is 0.0459 e. The standard InChI is InChI=1S/C10H20O/c1-8(2)10-5-3-9(7-11)4-6-10/h8-11H,3-7H2,1-2H3/t9-,10-. The molecule has 0 atom stereocenters. The van der Waals surface area contributed by atoms with Crippen molar-refractivity contribution in [1.29, 1.82) is 0 Å². The Bertz CT molecular complexity index is 101. The van der Waals surface area contributed by atoms with Gasteiger partial charge in [0.2, 0.25) is 0 Å². The van der Waals surface area contributed by atoms with E-state index >= 15 is 0 Å². The van der Waals surface area contributed by atoms with Crippen molar-refractivity contribution in [2.24, 2.45) is 17.8 Å². The number of hydrogen-bond acceptors (Lipinski definition) is 1. The van der Waals surface area contributed by atoms with Crippen LogP contribution in [0.3, 0.4) is 0 Å². The predicted octanol–water partition coefficient (Wildman–Crippen LogP) is 2.44. The van der Waals surface area contributed by atoms with Crippen LogP contribution in [0.5, 0.6) is 0 Å². The van der Waals surface area contributed by atoms with E-state index in [2.05, 4.69) is 13.8 Å². The molecule has 0 unspecified atom stereocenters. The Morgan fingerprint density at radius 2 is 1.73 bits per heavy atom. The second-order valence-electron chi connectivity index (χ2n) is 4.21. The second-order valence-corrected chi connectivity index (χ2v) is 4.21. The predicted molar refractivity (Wildman–Crippen MR) is 47.4 cm³/mol. The van der Waals surface area contributed by atoms with E-state index in [4.69, 9.17) is 5.11 Å². The Labute approximate surface area is 69.8 Å². The molecule has 66 valence electrons. The van der Waals surface area contributed by atoms with Crippen LogP contribution in [-0.2, 0) is 0 Å². The Kier molecular flexibility index (Phi) is 3.38. The Balaban J connectivity index is 2.24. The summed E-state index contributed by atoms with van der Waals surface area (Å²) in [5, 5.41) is 8.92. The highest BCUT2D eigenvalue weighted by atomic mass is 16.3. The van der Waals surface area contributed by atoms with Gasteiger partial charge >= 0.3 is 0 Å². The van der Waals surface area contributed by atoms with Crippen LogP contribution in [0.2, 0.25) is 0 Å². The monoisotopic (exact) mass is 156 g/mol. The largest absolute Gasteiger partial charge is 0.396 e. The van der Waals surface area contributed by atoms with E-state index in [9.17, 15) is 0 Å². The van der Waals surface area contributed by atoms with Crippen molar-refractivity contribution >= 4 is 0 Å². The minimum Gasteiger partial charge on any atom is -0.396 e. The van der Waals surface area contributed by atoms with Gasteiger partial charge in [0.15, 0.2) is 0 Å². The van der Waals surface area contributed by atoms with Crippen molar-refractivity contribution in [3.63, 3.8) is 0 Å². The lowest BCUT2D eigenvalue weighted by Gasteiger charge is -2.29. The third-order valence-corrected chi connectivity index (χ3v) is 3.09. The summed E-state index contributed by atoms with van der Waals surface area (Å²) < 4.78 is 0. The second kappa shape index (κ2) is 4.10. The molecule has 1 N–H and O–H groups in total. The van der Waals surface area contributed by atoms with E-state index in [1.54, 1.807) is 0 Å². The van der Waals surface area contributed by atoms with Crippen LogP contribution < -0.4 is 0 Å². The van der Waals surface area contributed by atoms with Crippen molar-refractivity contribution in [1.82, 2.24) is 0 Å². The quantitative estimate of drug-likeness (QED) is 0.651. The van der Waals surface area contributed by atoms with Gasteiger partial charge in [0.1, 0.15) is 0 Å². The maximum absolute atomic E-state index is 8.92. The highest BCUT2D eigenvalue weighted by Crippen LogP contribution is 2.32. The summed E-state index contributed by atoms with van der Waals surface area (Å²) in [5.41, 5.74) is 0. The zero-order valence-electron chi connectivity index (χ0n) is 7.71. The Hall–Kier alpha value is -0.0400. The van der Waals surface area contributed by atoms with Crippen molar-refractivity contribution in [3.05, 3.63) is 0 Å². The van der Waals surface area contributed by atoms with Crippen LogP contribution in [-0.4, -0.2) is 11.7 Å². The number of rotatable bonds is 2. The summed E-state index contributed by atoms with van der Waals surface area (Å²) in [6.45, 7) is 5.03. The Morgan fingerprint density at radius 3 is 2.09 bits per heavy atom. The van der Waals surface area contributed by atoms with Gasteiger partial charge in [0.25, 0.3) is 0 Å². The molecule has 0 aromatic carbocycles. The molecule has 1 aliphatic rings. The van der Waals surface area contributed by atoms with E-state index in [-0.39, 0.29) is 0 Å². The average Bonchev–Trinajstić information content (AvgIpc) is 2.05. The molecule has 0 aliphatic heterocycles. The van der Waals surface area contributed by atoms with Gasteiger partial charge in [-0.05, 0) is 43.4 Å². The van der Waals surface area contributed by atoms with Gasteiger partial charge in [0.05, 0.1) is 0 Å². The zero-order valence-corrected chi connectivity index (χ0v) is 7.71. The molecule has 11 heavy (non-hydrogen) atoms. The molecule has 0 heterocycles. The first-order chi connectivity index (χ1) is 5.24. The van der Waals surface area contributed by atoms with Crippen LogP contribution in [0, 0.1) is 17.8 Å². The molecular weight excluding hydrogens is 136 g/mol. The van der Waals surface area contributed by atoms with Gasteiger partial charge in [-0.25, -0.2) is 0 Å². The SMILES string of the molecule is CC(C)[C@H]1CC[C@H](CO)CC1. The van der Waals surface area contributed by atoms with E-state index in [0.717, 1.165) is 11.8 Å². The van der Waals surface area contributed by atoms with Crippen molar-refractivity contribution in [2.75, 3.05) is 6.61 Å². The molecule has 1 fully saturated rings. The third kappa shape index (κ3) is 2.48. The number of aliphatic hydroxyl groups excluding tert-OH is 1. The lowest BCUT2D eigenvalue weighted by Crippen LogP contribution is -2.20. The highest BCUT2D eigenvalue weighted by molar-refractivity contribution is 4.73. The van der Waals surface area contributed by atoms with E-state index in [1.165, 1.54) is 25.7 Å². The van der Waals surface area contributed by atoms with Crippen molar-refractivity contribution in [2.45, 2.75) is 39.5 Å². The molecule has 0 amide bonds. The van der Waals surface area contributed by atoms with Gasteiger partial charge in [-0.1, -0.05) is 13.8 Å². The van der Waals surface area contributed by atoms with E-state index in [0.29, 0.717) is 12.5 Å².